The van der Waals surface area contributed by atoms with Gasteiger partial charge < -0.3 is 5.11 Å². The van der Waals surface area contributed by atoms with E-state index < -0.39 is 0 Å². The highest BCUT2D eigenvalue weighted by atomic mass is 16.3. The van der Waals surface area contributed by atoms with Gasteiger partial charge in [-0.05, 0) is 6.42 Å². The molecule has 3 aliphatic rings. The van der Waals surface area contributed by atoms with Gasteiger partial charge in [0.15, 0.2) is 0 Å². The molecule has 76 valence electrons. The summed E-state index contributed by atoms with van der Waals surface area (Å²) in [6.07, 6.45) is 21.7. The van der Waals surface area contributed by atoms with Crippen molar-refractivity contribution < 1.29 is 5.11 Å². The highest BCUT2D eigenvalue weighted by Crippen LogP contribution is 2.54. The molecule has 15 heavy (non-hydrogen) atoms. The van der Waals surface area contributed by atoms with Crippen molar-refractivity contribution in [2.24, 2.45) is 10.8 Å². The van der Waals surface area contributed by atoms with Crippen LogP contribution in [0.25, 0.3) is 0 Å². The van der Waals surface area contributed by atoms with Crippen LogP contribution in [0.15, 0.2) is 60.8 Å². The third kappa shape index (κ3) is 1.07. The monoisotopic (exact) mass is 198 g/mol. The van der Waals surface area contributed by atoms with Crippen LogP contribution >= 0.6 is 0 Å². The van der Waals surface area contributed by atoms with Gasteiger partial charge in [-0.15, -0.1) is 0 Å². The summed E-state index contributed by atoms with van der Waals surface area (Å²) in [5.41, 5.74) is -0.0968. The summed E-state index contributed by atoms with van der Waals surface area (Å²) in [4.78, 5) is 0. The van der Waals surface area contributed by atoms with E-state index in [1.165, 1.54) is 0 Å². The Hall–Kier alpha value is -1.34. The van der Waals surface area contributed by atoms with Gasteiger partial charge >= 0.3 is 0 Å². The molecule has 1 nitrogen and oxygen atoms in total. The topological polar surface area (TPSA) is 20.2 Å². The van der Waals surface area contributed by atoms with Gasteiger partial charge in [0.2, 0.25) is 0 Å². The Bertz CT molecular complexity index is 397. The van der Waals surface area contributed by atoms with Crippen LogP contribution in [0, 0.1) is 10.8 Å². The summed E-state index contributed by atoms with van der Waals surface area (Å²) in [5.74, 6) is 0. The first-order valence-corrected chi connectivity index (χ1v) is 5.38. The number of hydrogen-bond acceptors (Lipinski definition) is 1. The highest BCUT2D eigenvalue weighted by Gasteiger charge is 2.47. The molecule has 0 radical (unpaired) electrons. The van der Waals surface area contributed by atoms with Crippen molar-refractivity contribution in [1.82, 2.24) is 0 Å². The van der Waals surface area contributed by atoms with Gasteiger partial charge in [-0.1, -0.05) is 60.8 Å². The Morgan fingerprint density at radius 2 is 1.47 bits per heavy atom. The molecule has 1 heteroatoms. The van der Waals surface area contributed by atoms with Crippen LogP contribution in [0.3, 0.4) is 0 Å². The zero-order valence-electron chi connectivity index (χ0n) is 8.51. The number of hydrogen-bond donors (Lipinski definition) is 1. The number of allylic oxidation sites excluding steroid dienone is 9. The van der Waals surface area contributed by atoms with Gasteiger partial charge in [-0.2, -0.15) is 0 Å². The fourth-order valence-electron chi connectivity index (χ4n) is 2.86. The van der Waals surface area contributed by atoms with E-state index in [0.717, 1.165) is 6.42 Å². The van der Waals surface area contributed by atoms with E-state index in [1.54, 1.807) is 0 Å². The third-order valence-corrected chi connectivity index (χ3v) is 3.70. The minimum atomic E-state index is -0.328. The standard InChI is InChI=1S/C14H14O/c15-12-5-10-13-6-1-3-8-14(13,11-12)9-4-2-7-13/h1-10,12,15H,11H2/t12-,13?,14?/m0/s1. The van der Waals surface area contributed by atoms with Crippen LogP contribution in [-0.4, -0.2) is 11.2 Å². The predicted molar refractivity (Wildman–Crippen MR) is 61.2 cm³/mol. The first-order chi connectivity index (χ1) is 7.27. The maximum atomic E-state index is 9.78. The van der Waals surface area contributed by atoms with Crippen molar-refractivity contribution in [3.63, 3.8) is 0 Å². The largest absolute Gasteiger partial charge is 0.389 e. The summed E-state index contributed by atoms with van der Waals surface area (Å²) >= 11 is 0. The molecule has 0 spiro atoms. The number of aliphatic hydroxyl groups is 1. The van der Waals surface area contributed by atoms with Gasteiger partial charge in [0.05, 0.1) is 6.10 Å². The molecule has 3 rings (SSSR count). The second-order valence-corrected chi connectivity index (χ2v) is 4.54. The molecule has 0 bridgehead atoms. The van der Waals surface area contributed by atoms with E-state index in [1.807, 2.05) is 6.08 Å². The lowest BCUT2D eigenvalue weighted by Crippen LogP contribution is -2.42. The van der Waals surface area contributed by atoms with Crippen molar-refractivity contribution in [2.45, 2.75) is 12.5 Å². The quantitative estimate of drug-likeness (QED) is 0.593. The average Bonchev–Trinajstić information content (AvgIpc) is 2.27. The molecule has 1 atom stereocenters. The first-order valence-electron chi connectivity index (χ1n) is 5.38. The van der Waals surface area contributed by atoms with Gasteiger partial charge in [0.1, 0.15) is 0 Å². The van der Waals surface area contributed by atoms with E-state index in [-0.39, 0.29) is 16.9 Å². The van der Waals surface area contributed by atoms with Gasteiger partial charge in [-0.25, -0.2) is 0 Å². The van der Waals surface area contributed by atoms with Crippen LogP contribution in [0.5, 0.6) is 0 Å². The smallest absolute Gasteiger partial charge is 0.0733 e. The van der Waals surface area contributed by atoms with E-state index >= 15 is 0 Å². The molecule has 3 aliphatic carbocycles. The molecule has 0 aromatic heterocycles. The van der Waals surface area contributed by atoms with E-state index in [0.29, 0.717) is 0 Å². The zero-order chi connectivity index (χ0) is 10.4. The van der Waals surface area contributed by atoms with Crippen molar-refractivity contribution in [2.75, 3.05) is 0 Å². The van der Waals surface area contributed by atoms with Gasteiger partial charge in [0, 0.05) is 10.8 Å². The van der Waals surface area contributed by atoms with Crippen LogP contribution < -0.4 is 0 Å². The fraction of sp³-hybridized carbons (Fsp3) is 0.286. The van der Waals surface area contributed by atoms with E-state index in [4.69, 9.17) is 0 Å². The van der Waals surface area contributed by atoms with Crippen molar-refractivity contribution in [3.05, 3.63) is 60.8 Å². The zero-order valence-corrected chi connectivity index (χ0v) is 8.51. The Balaban J connectivity index is 2.21. The molecule has 0 unspecified atom stereocenters. The Morgan fingerprint density at radius 3 is 2.13 bits per heavy atom. The summed E-state index contributed by atoms with van der Waals surface area (Å²) in [6, 6.07) is 0. The highest BCUT2D eigenvalue weighted by molar-refractivity contribution is 5.45. The van der Waals surface area contributed by atoms with Crippen molar-refractivity contribution in [3.8, 4) is 0 Å². The molecule has 0 fully saturated rings. The lowest BCUT2D eigenvalue weighted by molar-refractivity contribution is 0.132. The predicted octanol–water partition coefficient (Wildman–Crippen LogP) is 2.53. The SMILES string of the molecule is O[C@H]1C=CC23C=CC=CC2(C=CC=C3)C1. The summed E-state index contributed by atoms with van der Waals surface area (Å²) < 4.78 is 0. The molecule has 0 aromatic carbocycles. The van der Waals surface area contributed by atoms with Gasteiger partial charge in [0.25, 0.3) is 0 Å². The lowest BCUT2D eigenvalue weighted by atomic mass is 9.55. The minimum absolute atomic E-state index is 0.0459. The van der Waals surface area contributed by atoms with Crippen molar-refractivity contribution >= 4 is 0 Å². The number of rotatable bonds is 0. The normalized spacial score (nSPS) is 45.3. The van der Waals surface area contributed by atoms with Crippen LogP contribution in [-0.2, 0) is 0 Å². The summed E-state index contributed by atoms with van der Waals surface area (Å²) in [7, 11) is 0. The molecule has 0 saturated heterocycles. The molecule has 0 aromatic rings. The Morgan fingerprint density at radius 1 is 0.867 bits per heavy atom. The summed E-state index contributed by atoms with van der Waals surface area (Å²) in [5, 5.41) is 9.78. The molecule has 0 saturated carbocycles. The second-order valence-electron chi connectivity index (χ2n) is 4.54. The second kappa shape index (κ2) is 2.83. The molecule has 1 N–H and O–H groups in total. The Kier molecular flexibility index (Phi) is 1.68. The molecule has 0 heterocycles. The molecule has 0 amide bonds. The van der Waals surface area contributed by atoms with Crippen molar-refractivity contribution in [1.29, 1.82) is 0 Å². The fourth-order valence-corrected chi connectivity index (χ4v) is 2.86. The Labute approximate surface area is 89.8 Å². The van der Waals surface area contributed by atoms with Gasteiger partial charge in [-0.3, -0.25) is 0 Å². The average molecular weight is 198 g/mol. The first kappa shape index (κ1) is 8.93. The maximum absolute atomic E-state index is 9.78. The lowest BCUT2D eigenvalue weighted by Gasteiger charge is -2.48. The molecule has 0 aliphatic heterocycles. The van der Waals surface area contributed by atoms with Crippen LogP contribution in [0.4, 0.5) is 0 Å². The summed E-state index contributed by atoms with van der Waals surface area (Å²) in [6.45, 7) is 0. The van der Waals surface area contributed by atoms with Crippen LogP contribution in [0.1, 0.15) is 6.42 Å². The maximum Gasteiger partial charge on any atom is 0.0733 e. The minimum Gasteiger partial charge on any atom is -0.389 e. The third-order valence-electron chi connectivity index (χ3n) is 3.70. The molecular weight excluding hydrogens is 184 g/mol. The molecular formula is C14H14O. The number of aliphatic hydroxyl groups excluding tert-OH is 1. The van der Waals surface area contributed by atoms with E-state index in [2.05, 4.69) is 54.7 Å². The van der Waals surface area contributed by atoms with Crippen LogP contribution in [0.2, 0.25) is 0 Å². The van der Waals surface area contributed by atoms with E-state index in [9.17, 15) is 5.11 Å².